The van der Waals surface area contributed by atoms with Crippen molar-refractivity contribution in [3.63, 3.8) is 0 Å². The van der Waals surface area contributed by atoms with Gasteiger partial charge in [0, 0.05) is 6.54 Å². The second-order valence-corrected chi connectivity index (χ2v) is 4.59. The quantitative estimate of drug-likeness (QED) is 0.583. The van der Waals surface area contributed by atoms with Gasteiger partial charge in [0.15, 0.2) is 0 Å². The monoisotopic (exact) mass is 246 g/mol. The third kappa shape index (κ3) is 10.2. The highest BCUT2D eigenvalue weighted by Gasteiger charge is 2.14. The van der Waals surface area contributed by atoms with Gasteiger partial charge < -0.3 is 15.6 Å². The third-order valence-electron chi connectivity index (χ3n) is 2.30. The van der Waals surface area contributed by atoms with E-state index in [1.165, 1.54) is 0 Å². The smallest absolute Gasteiger partial charge is 0.231 e. The summed E-state index contributed by atoms with van der Waals surface area (Å²) in [5, 5.41) is 9.76. The Morgan fingerprint density at radius 2 is 2.12 bits per heavy atom. The molecule has 5 nitrogen and oxygen atoms in total. The Morgan fingerprint density at radius 3 is 2.59 bits per heavy atom. The van der Waals surface area contributed by atoms with E-state index in [1.807, 2.05) is 18.7 Å². The van der Waals surface area contributed by atoms with Crippen LogP contribution in [0.5, 0.6) is 0 Å². The van der Waals surface area contributed by atoms with E-state index >= 15 is 0 Å². The third-order valence-corrected chi connectivity index (χ3v) is 2.30. The first kappa shape index (κ1) is 16.4. The van der Waals surface area contributed by atoms with Crippen LogP contribution in [-0.2, 0) is 9.53 Å². The molecule has 1 amide bonds. The highest BCUT2D eigenvalue weighted by atomic mass is 16.5. The number of aliphatic hydroxyl groups is 1. The van der Waals surface area contributed by atoms with E-state index < -0.39 is 6.10 Å². The highest BCUT2D eigenvalue weighted by Crippen LogP contribution is 1.99. The maximum absolute atomic E-state index is 10.9. The molecule has 1 atom stereocenters. The molecule has 0 aliphatic heterocycles. The van der Waals surface area contributed by atoms with Crippen molar-refractivity contribution in [2.75, 3.05) is 26.2 Å². The Balaban J connectivity index is 3.98. The molecule has 0 aromatic carbocycles. The second-order valence-electron chi connectivity index (χ2n) is 4.59. The van der Waals surface area contributed by atoms with Gasteiger partial charge in [0.25, 0.3) is 0 Å². The lowest BCUT2D eigenvalue weighted by molar-refractivity contribution is -0.119. The van der Waals surface area contributed by atoms with E-state index in [9.17, 15) is 9.90 Å². The minimum atomic E-state index is -0.575. The maximum atomic E-state index is 10.9. The van der Waals surface area contributed by atoms with Crippen LogP contribution in [0.25, 0.3) is 0 Å². The molecule has 0 saturated heterocycles. The van der Waals surface area contributed by atoms with Crippen molar-refractivity contribution in [1.82, 2.24) is 4.90 Å². The van der Waals surface area contributed by atoms with Crippen LogP contribution < -0.4 is 5.73 Å². The van der Waals surface area contributed by atoms with Gasteiger partial charge in [-0.15, -0.1) is 0 Å². The van der Waals surface area contributed by atoms with E-state index in [0.717, 1.165) is 19.4 Å². The number of rotatable bonds is 10. The first-order chi connectivity index (χ1) is 7.95. The van der Waals surface area contributed by atoms with Crippen molar-refractivity contribution >= 4 is 5.91 Å². The highest BCUT2D eigenvalue weighted by molar-refractivity contribution is 5.75. The molecular weight excluding hydrogens is 220 g/mol. The standard InChI is InChI=1S/C12H26N2O3/c1-4-5-6-14(8-12(13)16)7-11(15)9-17-10(2)3/h10-11,15H,4-9H2,1-3H3,(H2,13,16). The Morgan fingerprint density at radius 1 is 1.47 bits per heavy atom. The van der Waals surface area contributed by atoms with Gasteiger partial charge in [0.05, 0.1) is 25.4 Å². The van der Waals surface area contributed by atoms with Gasteiger partial charge in [-0.1, -0.05) is 13.3 Å². The molecule has 1 unspecified atom stereocenters. The van der Waals surface area contributed by atoms with Crippen LogP contribution in [0, 0.1) is 0 Å². The Kier molecular flexibility index (Phi) is 9.03. The normalized spacial score (nSPS) is 13.3. The lowest BCUT2D eigenvalue weighted by atomic mass is 10.2. The molecule has 0 bridgehead atoms. The minimum absolute atomic E-state index is 0.102. The van der Waals surface area contributed by atoms with E-state index in [2.05, 4.69) is 6.92 Å². The van der Waals surface area contributed by atoms with E-state index in [4.69, 9.17) is 10.5 Å². The molecule has 0 fully saturated rings. The number of nitrogens with zero attached hydrogens (tertiary/aromatic N) is 1. The minimum Gasteiger partial charge on any atom is -0.389 e. The molecule has 3 N–H and O–H groups in total. The number of unbranched alkanes of at least 4 members (excludes halogenated alkanes) is 1. The molecule has 0 aliphatic rings. The number of ether oxygens (including phenoxy) is 1. The summed E-state index contributed by atoms with van der Waals surface area (Å²) in [5.74, 6) is -0.363. The van der Waals surface area contributed by atoms with Crippen molar-refractivity contribution in [2.24, 2.45) is 5.73 Å². The summed E-state index contributed by atoms with van der Waals surface area (Å²) in [6.45, 7) is 7.61. The first-order valence-corrected chi connectivity index (χ1v) is 6.26. The van der Waals surface area contributed by atoms with Gasteiger partial charge in [-0.25, -0.2) is 0 Å². The molecular formula is C12H26N2O3. The zero-order valence-corrected chi connectivity index (χ0v) is 11.2. The molecule has 0 aromatic rings. The number of nitrogens with two attached hydrogens (primary N) is 1. The summed E-state index contributed by atoms with van der Waals surface area (Å²) in [7, 11) is 0. The fourth-order valence-corrected chi connectivity index (χ4v) is 1.49. The number of carbonyl (C=O) groups is 1. The molecule has 0 spiro atoms. The Bertz CT molecular complexity index is 210. The molecule has 0 radical (unpaired) electrons. The molecule has 0 aromatic heterocycles. The fraction of sp³-hybridized carbons (Fsp3) is 0.917. The van der Waals surface area contributed by atoms with Crippen LogP contribution >= 0.6 is 0 Å². The van der Waals surface area contributed by atoms with Gasteiger partial charge in [0.1, 0.15) is 0 Å². The number of aliphatic hydroxyl groups excluding tert-OH is 1. The molecule has 5 heteroatoms. The number of primary amides is 1. The molecule has 0 aliphatic carbocycles. The Hall–Kier alpha value is -0.650. The average molecular weight is 246 g/mol. The van der Waals surface area contributed by atoms with Crippen molar-refractivity contribution in [3.8, 4) is 0 Å². The number of carbonyl (C=O) groups excluding carboxylic acids is 1. The van der Waals surface area contributed by atoms with E-state index in [-0.39, 0.29) is 18.6 Å². The molecule has 0 saturated carbocycles. The summed E-state index contributed by atoms with van der Waals surface area (Å²) in [6, 6.07) is 0. The van der Waals surface area contributed by atoms with Crippen molar-refractivity contribution in [3.05, 3.63) is 0 Å². The summed E-state index contributed by atoms with van der Waals surface area (Å²) in [4.78, 5) is 12.8. The largest absolute Gasteiger partial charge is 0.389 e. The summed E-state index contributed by atoms with van der Waals surface area (Å²) in [5.41, 5.74) is 5.17. The average Bonchev–Trinajstić information content (AvgIpc) is 2.22. The van der Waals surface area contributed by atoms with Crippen LogP contribution in [0.1, 0.15) is 33.6 Å². The second kappa shape index (κ2) is 9.39. The molecule has 0 rings (SSSR count). The maximum Gasteiger partial charge on any atom is 0.231 e. The van der Waals surface area contributed by atoms with Crippen molar-refractivity contribution in [2.45, 2.75) is 45.8 Å². The summed E-state index contributed by atoms with van der Waals surface area (Å²) in [6.07, 6.45) is 1.57. The molecule has 102 valence electrons. The van der Waals surface area contributed by atoms with Crippen molar-refractivity contribution < 1.29 is 14.6 Å². The molecule has 17 heavy (non-hydrogen) atoms. The van der Waals surface area contributed by atoms with Crippen LogP contribution in [0.3, 0.4) is 0 Å². The van der Waals surface area contributed by atoms with Gasteiger partial charge in [-0.2, -0.15) is 0 Å². The predicted octanol–water partition coefficient (Wildman–Crippen LogP) is 0.360. The zero-order valence-electron chi connectivity index (χ0n) is 11.2. The van der Waals surface area contributed by atoms with Crippen LogP contribution in [0.4, 0.5) is 0 Å². The van der Waals surface area contributed by atoms with Crippen LogP contribution in [0.2, 0.25) is 0 Å². The summed E-state index contributed by atoms with van der Waals surface area (Å²) >= 11 is 0. The van der Waals surface area contributed by atoms with E-state index in [1.54, 1.807) is 0 Å². The SMILES string of the molecule is CCCCN(CC(N)=O)CC(O)COC(C)C. The van der Waals surface area contributed by atoms with Crippen LogP contribution in [0.15, 0.2) is 0 Å². The number of hydrogen-bond acceptors (Lipinski definition) is 4. The van der Waals surface area contributed by atoms with Gasteiger partial charge in [0.2, 0.25) is 5.91 Å². The first-order valence-electron chi connectivity index (χ1n) is 6.26. The lowest BCUT2D eigenvalue weighted by Crippen LogP contribution is -2.41. The molecule has 0 heterocycles. The van der Waals surface area contributed by atoms with Gasteiger partial charge >= 0.3 is 0 Å². The lowest BCUT2D eigenvalue weighted by Gasteiger charge is -2.24. The fourth-order valence-electron chi connectivity index (χ4n) is 1.49. The van der Waals surface area contributed by atoms with Crippen molar-refractivity contribution in [1.29, 1.82) is 0 Å². The number of hydrogen-bond donors (Lipinski definition) is 2. The van der Waals surface area contributed by atoms with Gasteiger partial charge in [-0.05, 0) is 26.8 Å². The van der Waals surface area contributed by atoms with Gasteiger partial charge in [-0.3, -0.25) is 9.69 Å². The zero-order chi connectivity index (χ0) is 13.3. The topological polar surface area (TPSA) is 75.8 Å². The van der Waals surface area contributed by atoms with E-state index in [0.29, 0.717) is 13.2 Å². The number of amides is 1. The summed E-state index contributed by atoms with van der Waals surface area (Å²) < 4.78 is 5.32. The Labute approximate surface area is 104 Å². The predicted molar refractivity (Wildman–Crippen MR) is 67.6 cm³/mol. The van der Waals surface area contributed by atoms with Crippen LogP contribution in [-0.4, -0.2) is 54.4 Å².